The summed E-state index contributed by atoms with van der Waals surface area (Å²) in [5, 5.41) is 11.3. The van der Waals surface area contributed by atoms with Gasteiger partial charge in [0, 0.05) is 13.0 Å². The molecule has 0 atom stereocenters. The van der Waals surface area contributed by atoms with Gasteiger partial charge < -0.3 is 19.6 Å². The molecule has 1 heterocycles. The van der Waals surface area contributed by atoms with Gasteiger partial charge in [-0.25, -0.2) is 9.59 Å². The van der Waals surface area contributed by atoms with Crippen molar-refractivity contribution in [3.8, 4) is 0 Å². The van der Waals surface area contributed by atoms with E-state index in [-0.39, 0.29) is 12.2 Å². The fraction of sp³-hybridized carbons (Fsp3) is 0.200. The molecule has 0 aliphatic heterocycles. The van der Waals surface area contributed by atoms with E-state index in [9.17, 15) is 9.59 Å². The summed E-state index contributed by atoms with van der Waals surface area (Å²) in [6.45, 7) is 0.511. The molecule has 0 aliphatic carbocycles. The Bertz CT molecular complexity index is 606. The van der Waals surface area contributed by atoms with Gasteiger partial charge in [0.1, 0.15) is 18.6 Å². The number of carbonyl (C=O) groups excluding carboxylic acids is 1. The van der Waals surface area contributed by atoms with Crippen molar-refractivity contribution in [2.24, 2.45) is 0 Å². The number of furan rings is 1. The number of hydrogen-bond donors (Lipinski definition) is 2. The second-order valence-electron chi connectivity index (χ2n) is 4.35. The zero-order chi connectivity index (χ0) is 15.1. The Hall–Kier alpha value is -2.76. The van der Waals surface area contributed by atoms with Crippen LogP contribution in [0.4, 0.5) is 4.79 Å². The third kappa shape index (κ3) is 4.68. The maximum atomic E-state index is 11.5. The first kappa shape index (κ1) is 14.6. The van der Waals surface area contributed by atoms with Crippen LogP contribution in [0.25, 0.3) is 0 Å². The summed E-state index contributed by atoms with van der Waals surface area (Å²) in [6.07, 6.45) is 1.04. The summed E-state index contributed by atoms with van der Waals surface area (Å²) in [4.78, 5) is 22.1. The number of benzene rings is 1. The molecule has 1 aromatic heterocycles. The molecule has 0 bridgehead atoms. The normalized spacial score (nSPS) is 10.1. The Kier molecular flexibility index (Phi) is 4.98. The summed E-state index contributed by atoms with van der Waals surface area (Å²) in [5.74, 6) is -0.545. The Balaban J connectivity index is 1.68. The summed E-state index contributed by atoms with van der Waals surface area (Å²) >= 11 is 0. The quantitative estimate of drug-likeness (QED) is 0.852. The number of hydrogen-bond acceptors (Lipinski definition) is 4. The molecule has 1 amide bonds. The van der Waals surface area contributed by atoms with Crippen LogP contribution in [0.2, 0.25) is 0 Å². The molecule has 0 spiro atoms. The van der Waals surface area contributed by atoms with E-state index < -0.39 is 12.1 Å². The standard InChI is InChI=1S/C15H15NO5/c17-14(18)12-8-13(20-10-12)6-7-16-15(19)21-9-11-4-2-1-3-5-11/h1-5,8,10H,6-7,9H2,(H,16,19)(H,17,18). The largest absolute Gasteiger partial charge is 0.478 e. The van der Waals surface area contributed by atoms with Crippen molar-refractivity contribution >= 4 is 12.1 Å². The highest BCUT2D eigenvalue weighted by atomic mass is 16.5. The van der Waals surface area contributed by atoms with Crippen LogP contribution in [0.15, 0.2) is 47.1 Å². The first-order valence-corrected chi connectivity index (χ1v) is 6.40. The van der Waals surface area contributed by atoms with Gasteiger partial charge in [0.25, 0.3) is 0 Å². The lowest BCUT2D eigenvalue weighted by atomic mass is 10.2. The van der Waals surface area contributed by atoms with E-state index in [2.05, 4.69) is 5.32 Å². The molecular weight excluding hydrogens is 274 g/mol. The van der Waals surface area contributed by atoms with Crippen molar-refractivity contribution in [1.29, 1.82) is 0 Å². The Morgan fingerprint density at radius 2 is 2.00 bits per heavy atom. The van der Waals surface area contributed by atoms with E-state index in [0.29, 0.717) is 18.7 Å². The van der Waals surface area contributed by atoms with Crippen molar-refractivity contribution in [1.82, 2.24) is 5.32 Å². The van der Waals surface area contributed by atoms with E-state index in [4.69, 9.17) is 14.3 Å². The average Bonchev–Trinajstić information content (AvgIpc) is 2.95. The highest BCUT2D eigenvalue weighted by Gasteiger charge is 2.08. The van der Waals surface area contributed by atoms with Crippen LogP contribution in [-0.2, 0) is 17.8 Å². The summed E-state index contributed by atoms with van der Waals surface area (Å²) in [6, 6.07) is 10.8. The molecule has 1 aromatic carbocycles. The van der Waals surface area contributed by atoms with E-state index in [1.54, 1.807) is 0 Å². The van der Waals surface area contributed by atoms with Gasteiger partial charge in [-0.2, -0.15) is 0 Å². The predicted molar refractivity (Wildman–Crippen MR) is 74.0 cm³/mol. The van der Waals surface area contributed by atoms with E-state index in [0.717, 1.165) is 5.56 Å². The average molecular weight is 289 g/mol. The second kappa shape index (κ2) is 7.14. The topological polar surface area (TPSA) is 88.8 Å². The zero-order valence-electron chi connectivity index (χ0n) is 11.2. The molecule has 0 saturated carbocycles. The predicted octanol–water partition coefficient (Wildman–Crippen LogP) is 2.45. The maximum absolute atomic E-state index is 11.5. The van der Waals surface area contributed by atoms with Crippen LogP contribution in [0.1, 0.15) is 21.7 Å². The van der Waals surface area contributed by atoms with Crippen LogP contribution in [0.3, 0.4) is 0 Å². The number of amides is 1. The molecule has 0 fully saturated rings. The van der Waals surface area contributed by atoms with E-state index >= 15 is 0 Å². The lowest BCUT2D eigenvalue weighted by Crippen LogP contribution is -2.26. The van der Waals surface area contributed by atoms with E-state index in [1.807, 2.05) is 30.3 Å². The SMILES string of the molecule is O=C(NCCc1cc(C(=O)O)co1)OCc1ccccc1. The highest BCUT2D eigenvalue weighted by molar-refractivity contribution is 5.87. The number of rotatable bonds is 6. The lowest BCUT2D eigenvalue weighted by molar-refractivity contribution is 0.0696. The third-order valence-electron chi connectivity index (χ3n) is 2.75. The minimum Gasteiger partial charge on any atom is -0.478 e. The van der Waals surface area contributed by atoms with Crippen LogP contribution in [0.5, 0.6) is 0 Å². The molecular formula is C15H15NO5. The Morgan fingerprint density at radius 3 is 2.67 bits per heavy atom. The zero-order valence-corrected chi connectivity index (χ0v) is 11.2. The molecule has 2 aromatic rings. The number of carbonyl (C=O) groups is 2. The van der Waals surface area contributed by atoms with Gasteiger partial charge in [0.05, 0.1) is 5.56 Å². The Labute approximate surface area is 121 Å². The first-order chi connectivity index (χ1) is 10.1. The number of aromatic carboxylic acids is 1. The van der Waals surface area contributed by atoms with Crippen LogP contribution >= 0.6 is 0 Å². The number of alkyl carbamates (subject to hydrolysis) is 1. The third-order valence-corrected chi connectivity index (χ3v) is 2.75. The number of nitrogens with one attached hydrogen (secondary N) is 1. The summed E-state index contributed by atoms with van der Waals surface area (Å²) in [7, 11) is 0. The highest BCUT2D eigenvalue weighted by Crippen LogP contribution is 2.08. The van der Waals surface area contributed by atoms with Crippen LogP contribution in [-0.4, -0.2) is 23.7 Å². The summed E-state index contributed by atoms with van der Waals surface area (Å²) in [5.41, 5.74) is 1.00. The molecule has 0 unspecified atom stereocenters. The lowest BCUT2D eigenvalue weighted by Gasteiger charge is -2.06. The fourth-order valence-corrected chi connectivity index (χ4v) is 1.69. The molecule has 2 N–H and O–H groups in total. The molecule has 0 radical (unpaired) electrons. The van der Waals surface area contributed by atoms with Crippen molar-refractivity contribution in [3.63, 3.8) is 0 Å². The van der Waals surface area contributed by atoms with Crippen molar-refractivity contribution in [3.05, 3.63) is 59.5 Å². The van der Waals surface area contributed by atoms with Crippen molar-refractivity contribution in [2.75, 3.05) is 6.54 Å². The summed E-state index contributed by atoms with van der Waals surface area (Å²) < 4.78 is 10.1. The van der Waals surface area contributed by atoms with Gasteiger partial charge in [-0.15, -0.1) is 0 Å². The molecule has 6 nitrogen and oxygen atoms in total. The first-order valence-electron chi connectivity index (χ1n) is 6.40. The van der Waals surface area contributed by atoms with Crippen LogP contribution < -0.4 is 5.32 Å². The molecule has 21 heavy (non-hydrogen) atoms. The molecule has 6 heteroatoms. The smallest absolute Gasteiger partial charge is 0.407 e. The van der Waals surface area contributed by atoms with E-state index in [1.165, 1.54) is 12.3 Å². The molecule has 0 saturated heterocycles. The fourth-order valence-electron chi connectivity index (χ4n) is 1.69. The molecule has 110 valence electrons. The second-order valence-corrected chi connectivity index (χ2v) is 4.35. The number of ether oxygens (including phenoxy) is 1. The van der Waals surface area contributed by atoms with Gasteiger partial charge in [0.15, 0.2) is 0 Å². The van der Waals surface area contributed by atoms with Gasteiger partial charge in [-0.3, -0.25) is 0 Å². The number of carboxylic acids is 1. The molecule has 2 rings (SSSR count). The van der Waals surface area contributed by atoms with Crippen molar-refractivity contribution in [2.45, 2.75) is 13.0 Å². The monoisotopic (exact) mass is 289 g/mol. The minimum absolute atomic E-state index is 0.0941. The number of carboxylic acid groups (broad SMARTS) is 1. The van der Waals surface area contributed by atoms with Gasteiger partial charge >= 0.3 is 12.1 Å². The van der Waals surface area contributed by atoms with Gasteiger partial charge in [-0.1, -0.05) is 30.3 Å². The Morgan fingerprint density at radius 1 is 1.24 bits per heavy atom. The molecule has 0 aliphatic rings. The van der Waals surface area contributed by atoms with Crippen molar-refractivity contribution < 1.29 is 23.8 Å². The van der Waals surface area contributed by atoms with Crippen LogP contribution in [0, 0.1) is 0 Å². The minimum atomic E-state index is -1.04. The van der Waals surface area contributed by atoms with Gasteiger partial charge in [-0.05, 0) is 11.6 Å². The maximum Gasteiger partial charge on any atom is 0.407 e. The van der Waals surface area contributed by atoms with Gasteiger partial charge in [0.2, 0.25) is 0 Å².